The summed E-state index contributed by atoms with van der Waals surface area (Å²) in [7, 11) is 0. The number of ether oxygens (including phenoxy) is 1. The van der Waals surface area contributed by atoms with Gasteiger partial charge in [0.2, 0.25) is 0 Å². The van der Waals surface area contributed by atoms with E-state index < -0.39 is 23.7 Å². The molecule has 0 saturated heterocycles. The SMILES string of the molecule is CC(C)(C)OC(=O)/C=C/c1ccc2c(c1)CCN(C(=O)C(F)(F)F)C2. The molecule has 1 aliphatic heterocycles. The fraction of sp³-hybridized carbons (Fsp3) is 0.444. The van der Waals surface area contributed by atoms with Gasteiger partial charge in [0.15, 0.2) is 0 Å². The number of carbonyl (C=O) groups excluding carboxylic acids is 2. The molecule has 1 heterocycles. The van der Waals surface area contributed by atoms with Gasteiger partial charge in [-0.15, -0.1) is 0 Å². The second kappa shape index (κ2) is 6.90. The first-order chi connectivity index (χ1) is 11.5. The molecular formula is C18H20F3NO3. The van der Waals surface area contributed by atoms with E-state index in [1.807, 2.05) is 6.07 Å². The monoisotopic (exact) mass is 355 g/mol. The number of amides is 1. The maximum absolute atomic E-state index is 12.5. The first-order valence-electron chi connectivity index (χ1n) is 7.85. The minimum Gasteiger partial charge on any atom is -0.457 e. The summed E-state index contributed by atoms with van der Waals surface area (Å²) >= 11 is 0. The number of nitrogens with zero attached hydrogens (tertiary/aromatic N) is 1. The van der Waals surface area contributed by atoms with E-state index in [1.165, 1.54) is 6.08 Å². The maximum atomic E-state index is 12.5. The highest BCUT2D eigenvalue weighted by Gasteiger charge is 2.43. The minimum absolute atomic E-state index is 0.0184. The molecule has 7 heteroatoms. The van der Waals surface area contributed by atoms with Gasteiger partial charge in [-0.2, -0.15) is 13.2 Å². The minimum atomic E-state index is -4.85. The number of carbonyl (C=O) groups is 2. The van der Waals surface area contributed by atoms with E-state index in [0.717, 1.165) is 16.0 Å². The summed E-state index contributed by atoms with van der Waals surface area (Å²) in [5, 5.41) is 0. The second-order valence-corrected chi connectivity index (χ2v) is 6.87. The lowest BCUT2D eigenvalue weighted by atomic mass is 9.97. The van der Waals surface area contributed by atoms with Gasteiger partial charge in [0, 0.05) is 19.2 Å². The Kier molecular flexibility index (Phi) is 5.25. The average Bonchev–Trinajstić information content (AvgIpc) is 2.49. The number of benzene rings is 1. The molecule has 0 aliphatic carbocycles. The first-order valence-corrected chi connectivity index (χ1v) is 7.85. The van der Waals surface area contributed by atoms with Gasteiger partial charge in [0.05, 0.1) is 0 Å². The molecule has 2 rings (SSSR count). The summed E-state index contributed by atoms with van der Waals surface area (Å²) in [6.07, 6.45) is -1.60. The first kappa shape index (κ1) is 19.0. The van der Waals surface area contributed by atoms with Crippen LogP contribution in [0.3, 0.4) is 0 Å². The zero-order valence-corrected chi connectivity index (χ0v) is 14.3. The molecule has 0 radical (unpaired) electrons. The summed E-state index contributed by atoms with van der Waals surface area (Å²) < 4.78 is 42.7. The standard InChI is InChI=1S/C18H20F3NO3/c1-17(2,3)25-15(23)7-5-12-4-6-14-11-22(9-8-13(14)10-12)16(24)18(19,20)21/h4-7,10H,8-9,11H2,1-3H3/b7-5+. The van der Waals surface area contributed by atoms with Crippen molar-refractivity contribution in [2.45, 2.75) is 45.5 Å². The molecule has 4 nitrogen and oxygen atoms in total. The van der Waals surface area contributed by atoms with Crippen LogP contribution in [0.25, 0.3) is 6.08 Å². The van der Waals surface area contributed by atoms with E-state index >= 15 is 0 Å². The largest absolute Gasteiger partial charge is 0.471 e. The van der Waals surface area contributed by atoms with Crippen LogP contribution in [-0.4, -0.2) is 35.1 Å². The highest BCUT2D eigenvalue weighted by atomic mass is 19.4. The van der Waals surface area contributed by atoms with Crippen LogP contribution in [0.2, 0.25) is 0 Å². The third-order valence-corrected chi connectivity index (χ3v) is 3.59. The zero-order valence-electron chi connectivity index (χ0n) is 14.3. The van der Waals surface area contributed by atoms with Crippen molar-refractivity contribution in [2.24, 2.45) is 0 Å². The van der Waals surface area contributed by atoms with E-state index in [2.05, 4.69) is 0 Å². The fourth-order valence-corrected chi connectivity index (χ4v) is 2.53. The summed E-state index contributed by atoms with van der Waals surface area (Å²) in [6.45, 7) is 5.26. The zero-order chi connectivity index (χ0) is 18.8. The summed E-state index contributed by atoms with van der Waals surface area (Å²) in [4.78, 5) is 23.8. The Morgan fingerprint density at radius 2 is 1.84 bits per heavy atom. The van der Waals surface area contributed by atoms with Crippen molar-refractivity contribution in [3.63, 3.8) is 0 Å². The van der Waals surface area contributed by atoms with Crippen molar-refractivity contribution in [3.05, 3.63) is 41.0 Å². The molecule has 0 N–H and O–H groups in total. The fourth-order valence-electron chi connectivity index (χ4n) is 2.53. The van der Waals surface area contributed by atoms with E-state index in [0.29, 0.717) is 12.0 Å². The quantitative estimate of drug-likeness (QED) is 0.603. The molecular weight excluding hydrogens is 335 g/mol. The number of fused-ring (bicyclic) bond motifs is 1. The Labute approximate surface area is 144 Å². The molecule has 1 aliphatic rings. The molecule has 0 spiro atoms. The highest BCUT2D eigenvalue weighted by Crippen LogP contribution is 2.25. The summed E-state index contributed by atoms with van der Waals surface area (Å²) in [5.74, 6) is -2.28. The third kappa shape index (κ3) is 5.34. The van der Waals surface area contributed by atoms with Crippen LogP contribution in [0, 0.1) is 0 Å². The van der Waals surface area contributed by atoms with Gasteiger partial charge in [0.25, 0.3) is 0 Å². The van der Waals surface area contributed by atoms with Crippen LogP contribution < -0.4 is 0 Å². The predicted octanol–water partition coefficient (Wildman–Crippen LogP) is 3.49. The maximum Gasteiger partial charge on any atom is 0.471 e. The van der Waals surface area contributed by atoms with Crippen LogP contribution >= 0.6 is 0 Å². The molecule has 0 fully saturated rings. The Morgan fingerprint density at radius 1 is 1.16 bits per heavy atom. The molecule has 0 aromatic heterocycles. The van der Waals surface area contributed by atoms with Crippen LogP contribution in [0.5, 0.6) is 0 Å². The van der Waals surface area contributed by atoms with Crippen molar-refractivity contribution < 1.29 is 27.5 Å². The van der Waals surface area contributed by atoms with Gasteiger partial charge in [-0.05, 0) is 50.0 Å². The lowest BCUT2D eigenvalue weighted by Gasteiger charge is -2.29. The van der Waals surface area contributed by atoms with Gasteiger partial charge in [-0.3, -0.25) is 4.79 Å². The van der Waals surface area contributed by atoms with Gasteiger partial charge < -0.3 is 9.64 Å². The van der Waals surface area contributed by atoms with Crippen molar-refractivity contribution in [2.75, 3.05) is 6.54 Å². The summed E-state index contributed by atoms with van der Waals surface area (Å²) in [6, 6.07) is 5.19. The molecule has 1 amide bonds. The van der Waals surface area contributed by atoms with E-state index in [1.54, 1.807) is 39.0 Å². The topological polar surface area (TPSA) is 46.6 Å². The van der Waals surface area contributed by atoms with Crippen molar-refractivity contribution in [1.29, 1.82) is 0 Å². The van der Waals surface area contributed by atoms with Gasteiger partial charge in [-0.25, -0.2) is 4.79 Å². The molecule has 0 atom stereocenters. The number of hydrogen-bond donors (Lipinski definition) is 0. The molecule has 136 valence electrons. The molecule has 1 aromatic carbocycles. The van der Waals surface area contributed by atoms with Crippen LogP contribution in [0.4, 0.5) is 13.2 Å². The van der Waals surface area contributed by atoms with Gasteiger partial charge >= 0.3 is 18.1 Å². The molecule has 1 aromatic rings. The van der Waals surface area contributed by atoms with Crippen LogP contribution in [0.1, 0.15) is 37.5 Å². The van der Waals surface area contributed by atoms with Crippen molar-refractivity contribution in [1.82, 2.24) is 4.90 Å². The van der Waals surface area contributed by atoms with E-state index in [-0.39, 0.29) is 13.1 Å². The number of esters is 1. The average molecular weight is 355 g/mol. The number of hydrogen-bond acceptors (Lipinski definition) is 3. The van der Waals surface area contributed by atoms with Crippen molar-refractivity contribution in [3.8, 4) is 0 Å². The van der Waals surface area contributed by atoms with Gasteiger partial charge in [0.1, 0.15) is 5.60 Å². The normalized spacial score (nSPS) is 15.2. The molecule has 0 bridgehead atoms. The number of alkyl halides is 3. The number of halogens is 3. The van der Waals surface area contributed by atoms with Crippen LogP contribution in [0.15, 0.2) is 24.3 Å². The lowest BCUT2D eigenvalue weighted by Crippen LogP contribution is -2.43. The molecule has 0 saturated carbocycles. The molecule has 0 unspecified atom stereocenters. The van der Waals surface area contributed by atoms with Crippen molar-refractivity contribution >= 4 is 18.0 Å². The smallest absolute Gasteiger partial charge is 0.457 e. The van der Waals surface area contributed by atoms with E-state index in [4.69, 9.17) is 4.74 Å². The summed E-state index contributed by atoms with van der Waals surface area (Å²) in [5.41, 5.74) is 1.72. The Hall–Kier alpha value is -2.31. The Bertz CT molecular complexity index is 702. The Morgan fingerprint density at radius 3 is 2.44 bits per heavy atom. The Balaban J connectivity index is 2.07. The third-order valence-electron chi connectivity index (χ3n) is 3.59. The van der Waals surface area contributed by atoms with Crippen LogP contribution in [-0.2, 0) is 27.3 Å². The predicted molar refractivity (Wildman–Crippen MR) is 86.5 cm³/mol. The number of rotatable bonds is 2. The second-order valence-electron chi connectivity index (χ2n) is 6.87. The van der Waals surface area contributed by atoms with Gasteiger partial charge in [-0.1, -0.05) is 18.2 Å². The highest BCUT2D eigenvalue weighted by molar-refractivity contribution is 5.87. The molecule has 25 heavy (non-hydrogen) atoms. The van der Waals surface area contributed by atoms with E-state index in [9.17, 15) is 22.8 Å². The lowest BCUT2D eigenvalue weighted by molar-refractivity contribution is -0.186.